The predicted octanol–water partition coefficient (Wildman–Crippen LogP) is 2.86. The Morgan fingerprint density at radius 1 is 1.42 bits per heavy atom. The van der Waals surface area contributed by atoms with Gasteiger partial charge in [-0.1, -0.05) is 28.1 Å². The van der Waals surface area contributed by atoms with E-state index in [0.717, 1.165) is 36.9 Å². The summed E-state index contributed by atoms with van der Waals surface area (Å²) in [7, 11) is 0. The molecule has 19 heavy (non-hydrogen) atoms. The lowest BCUT2D eigenvalue weighted by atomic mass is 10.0. The van der Waals surface area contributed by atoms with Gasteiger partial charge < -0.3 is 10.2 Å². The Bertz CT molecular complexity index is 453. The molecular weight excluding hydrogens is 304 g/mol. The molecule has 0 atom stereocenters. The fourth-order valence-corrected chi connectivity index (χ4v) is 2.72. The molecule has 1 heterocycles. The molecule has 0 spiro atoms. The summed E-state index contributed by atoms with van der Waals surface area (Å²) in [6.07, 6.45) is 2.10. The average Bonchev–Trinajstić information content (AvgIpc) is 2.40. The molecule has 0 saturated carbocycles. The summed E-state index contributed by atoms with van der Waals surface area (Å²) in [4.78, 5) is 13.2. The lowest BCUT2D eigenvalue weighted by Crippen LogP contribution is -2.43. The molecule has 1 N–H and O–H groups in total. The van der Waals surface area contributed by atoms with Gasteiger partial charge in [-0.15, -0.1) is 0 Å². The van der Waals surface area contributed by atoms with Crippen LogP contribution in [0.4, 0.5) is 0 Å². The summed E-state index contributed by atoms with van der Waals surface area (Å²) in [5.41, 5.74) is 2.58. The lowest BCUT2D eigenvalue weighted by Gasteiger charge is -2.31. The van der Waals surface area contributed by atoms with E-state index in [9.17, 15) is 4.79 Å². The Morgan fingerprint density at radius 3 is 2.68 bits per heavy atom. The van der Waals surface area contributed by atoms with Crippen molar-refractivity contribution in [3.8, 4) is 0 Å². The van der Waals surface area contributed by atoms with Crippen molar-refractivity contribution < 1.29 is 4.79 Å². The molecule has 1 aliphatic rings. The van der Waals surface area contributed by atoms with Gasteiger partial charge in [0.1, 0.15) is 0 Å². The smallest absolute Gasteiger partial charge is 0.219 e. The number of nitrogens with zero attached hydrogens (tertiary/aromatic N) is 1. The third kappa shape index (κ3) is 4.05. The van der Waals surface area contributed by atoms with Crippen LogP contribution in [0.25, 0.3) is 0 Å². The second kappa shape index (κ2) is 6.53. The molecule has 0 aliphatic carbocycles. The minimum Gasteiger partial charge on any atom is -0.343 e. The summed E-state index contributed by atoms with van der Waals surface area (Å²) in [6.45, 7) is 6.43. The van der Waals surface area contributed by atoms with Crippen LogP contribution < -0.4 is 5.32 Å². The maximum Gasteiger partial charge on any atom is 0.219 e. The largest absolute Gasteiger partial charge is 0.343 e. The number of piperidine rings is 1. The molecule has 104 valence electrons. The van der Waals surface area contributed by atoms with Gasteiger partial charge in [-0.2, -0.15) is 0 Å². The zero-order chi connectivity index (χ0) is 13.8. The third-order valence-electron chi connectivity index (χ3n) is 3.76. The van der Waals surface area contributed by atoms with Crippen LogP contribution in [-0.4, -0.2) is 29.9 Å². The highest BCUT2D eigenvalue weighted by atomic mass is 79.9. The number of amides is 1. The first-order chi connectivity index (χ1) is 9.06. The van der Waals surface area contributed by atoms with Gasteiger partial charge >= 0.3 is 0 Å². The van der Waals surface area contributed by atoms with Gasteiger partial charge in [-0.05, 0) is 37.0 Å². The molecule has 2 rings (SSSR count). The highest BCUT2D eigenvalue weighted by Crippen LogP contribution is 2.17. The van der Waals surface area contributed by atoms with Crippen LogP contribution in [-0.2, 0) is 11.3 Å². The van der Waals surface area contributed by atoms with Crippen molar-refractivity contribution in [1.29, 1.82) is 0 Å². The Hall–Kier alpha value is -0.870. The number of hydrogen-bond donors (Lipinski definition) is 1. The number of nitrogens with one attached hydrogen (secondary N) is 1. The molecule has 1 fully saturated rings. The summed E-state index contributed by atoms with van der Waals surface area (Å²) in [6, 6.07) is 6.99. The number of likely N-dealkylation sites (tertiary alicyclic amines) is 1. The zero-order valence-electron chi connectivity index (χ0n) is 11.6. The van der Waals surface area contributed by atoms with Crippen molar-refractivity contribution in [3.05, 3.63) is 33.8 Å². The number of halogens is 1. The Labute approximate surface area is 123 Å². The fraction of sp³-hybridized carbons (Fsp3) is 0.533. The summed E-state index contributed by atoms with van der Waals surface area (Å²) < 4.78 is 1.16. The number of aryl methyl sites for hydroxylation is 1. The Balaban J connectivity index is 1.80. The number of carbonyl (C=O) groups is 1. The molecular formula is C15H21BrN2O. The molecule has 0 aromatic heterocycles. The van der Waals surface area contributed by atoms with Crippen molar-refractivity contribution in [2.24, 2.45) is 0 Å². The van der Waals surface area contributed by atoms with Crippen LogP contribution in [0.1, 0.15) is 30.9 Å². The highest BCUT2D eigenvalue weighted by Gasteiger charge is 2.19. The number of carbonyl (C=O) groups excluding carboxylic acids is 1. The van der Waals surface area contributed by atoms with E-state index < -0.39 is 0 Å². The summed E-state index contributed by atoms with van der Waals surface area (Å²) in [5, 5.41) is 3.59. The Morgan fingerprint density at radius 2 is 2.11 bits per heavy atom. The predicted molar refractivity (Wildman–Crippen MR) is 81.0 cm³/mol. The van der Waals surface area contributed by atoms with Gasteiger partial charge in [-0.3, -0.25) is 4.79 Å². The molecule has 1 aromatic rings. The van der Waals surface area contributed by atoms with E-state index in [1.807, 2.05) is 4.90 Å². The zero-order valence-corrected chi connectivity index (χ0v) is 13.2. The van der Waals surface area contributed by atoms with Crippen LogP contribution >= 0.6 is 15.9 Å². The molecule has 3 nitrogen and oxygen atoms in total. The van der Waals surface area contributed by atoms with Crippen LogP contribution in [0.3, 0.4) is 0 Å². The highest BCUT2D eigenvalue weighted by molar-refractivity contribution is 9.10. The van der Waals surface area contributed by atoms with E-state index in [1.54, 1.807) is 6.92 Å². The molecule has 1 amide bonds. The van der Waals surface area contributed by atoms with Crippen molar-refractivity contribution in [2.45, 2.75) is 39.3 Å². The fourth-order valence-electron chi connectivity index (χ4n) is 2.48. The maximum absolute atomic E-state index is 11.3. The van der Waals surface area contributed by atoms with E-state index >= 15 is 0 Å². The van der Waals surface area contributed by atoms with Gasteiger partial charge in [0, 0.05) is 37.1 Å². The average molecular weight is 325 g/mol. The number of benzene rings is 1. The number of rotatable bonds is 3. The van der Waals surface area contributed by atoms with E-state index in [-0.39, 0.29) is 5.91 Å². The first kappa shape index (κ1) is 14.5. The third-order valence-corrected chi connectivity index (χ3v) is 4.65. The van der Waals surface area contributed by atoms with Crippen LogP contribution in [0.15, 0.2) is 22.7 Å². The van der Waals surface area contributed by atoms with Gasteiger partial charge in [0.25, 0.3) is 0 Å². The maximum atomic E-state index is 11.3. The molecule has 1 aromatic carbocycles. The van der Waals surface area contributed by atoms with E-state index in [1.165, 1.54) is 11.1 Å². The van der Waals surface area contributed by atoms with Crippen LogP contribution in [0.5, 0.6) is 0 Å². The molecule has 1 aliphatic heterocycles. The van der Waals surface area contributed by atoms with Gasteiger partial charge in [0.05, 0.1) is 0 Å². The minimum atomic E-state index is 0.196. The molecule has 0 unspecified atom stereocenters. The van der Waals surface area contributed by atoms with Crippen molar-refractivity contribution in [2.75, 3.05) is 13.1 Å². The number of hydrogen-bond acceptors (Lipinski definition) is 2. The summed E-state index contributed by atoms with van der Waals surface area (Å²) >= 11 is 3.52. The van der Waals surface area contributed by atoms with Crippen molar-refractivity contribution in [3.63, 3.8) is 0 Å². The van der Waals surface area contributed by atoms with Crippen molar-refractivity contribution >= 4 is 21.8 Å². The monoisotopic (exact) mass is 324 g/mol. The normalized spacial score (nSPS) is 16.7. The van der Waals surface area contributed by atoms with E-state index in [4.69, 9.17) is 0 Å². The van der Waals surface area contributed by atoms with Crippen LogP contribution in [0, 0.1) is 6.92 Å². The first-order valence-corrected chi connectivity index (χ1v) is 7.59. The van der Waals surface area contributed by atoms with Crippen LogP contribution in [0.2, 0.25) is 0 Å². The second-order valence-electron chi connectivity index (χ2n) is 5.24. The van der Waals surface area contributed by atoms with Crippen molar-refractivity contribution in [1.82, 2.24) is 10.2 Å². The molecule has 1 saturated heterocycles. The van der Waals surface area contributed by atoms with Gasteiger partial charge in [0.2, 0.25) is 5.91 Å². The quantitative estimate of drug-likeness (QED) is 0.927. The molecule has 0 bridgehead atoms. The van der Waals surface area contributed by atoms with Gasteiger partial charge in [-0.25, -0.2) is 0 Å². The second-order valence-corrected chi connectivity index (χ2v) is 6.10. The van der Waals surface area contributed by atoms with E-state index in [0.29, 0.717) is 6.04 Å². The summed E-state index contributed by atoms with van der Waals surface area (Å²) in [5.74, 6) is 0.196. The first-order valence-electron chi connectivity index (χ1n) is 6.80. The Kier molecular flexibility index (Phi) is 4.99. The van der Waals surface area contributed by atoms with Gasteiger partial charge in [0.15, 0.2) is 0 Å². The minimum absolute atomic E-state index is 0.196. The van der Waals surface area contributed by atoms with E-state index in [2.05, 4.69) is 46.4 Å². The SMILES string of the molecule is CC(=O)N1CCC(NCc2ccc(Br)c(C)c2)CC1. The standard InChI is InChI=1S/C15H21BrN2O/c1-11-9-13(3-4-15(11)16)10-17-14-5-7-18(8-6-14)12(2)19/h3-4,9,14,17H,5-8,10H2,1-2H3. The lowest BCUT2D eigenvalue weighted by molar-refractivity contribution is -0.129. The molecule has 4 heteroatoms. The molecule has 0 radical (unpaired) electrons. The topological polar surface area (TPSA) is 32.3 Å².